The SMILES string of the molecule is CCCCCCCOc1cc(OCCC)ccc1CBr. The summed E-state index contributed by atoms with van der Waals surface area (Å²) < 4.78 is 11.6. The zero-order valence-corrected chi connectivity index (χ0v) is 14.4. The number of hydrogen-bond acceptors (Lipinski definition) is 2. The Hall–Kier alpha value is -0.700. The molecule has 1 rings (SSSR count). The summed E-state index contributed by atoms with van der Waals surface area (Å²) >= 11 is 3.51. The van der Waals surface area contributed by atoms with Gasteiger partial charge in [-0.15, -0.1) is 0 Å². The quantitative estimate of drug-likeness (QED) is 0.378. The van der Waals surface area contributed by atoms with Gasteiger partial charge in [0.25, 0.3) is 0 Å². The molecule has 3 heteroatoms. The minimum absolute atomic E-state index is 0.754. The van der Waals surface area contributed by atoms with Crippen LogP contribution in [0, 0.1) is 0 Å². The molecule has 0 fully saturated rings. The zero-order chi connectivity index (χ0) is 14.6. The summed E-state index contributed by atoms with van der Waals surface area (Å²) in [7, 11) is 0. The maximum Gasteiger partial charge on any atom is 0.127 e. The monoisotopic (exact) mass is 342 g/mol. The lowest BCUT2D eigenvalue weighted by molar-refractivity contribution is 0.293. The molecule has 0 radical (unpaired) electrons. The Morgan fingerprint density at radius 3 is 2.40 bits per heavy atom. The average molecular weight is 343 g/mol. The molecule has 0 unspecified atom stereocenters. The highest BCUT2D eigenvalue weighted by Gasteiger charge is 2.05. The summed E-state index contributed by atoms with van der Waals surface area (Å²) in [6, 6.07) is 6.10. The molecule has 0 N–H and O–H groups in total. The zero-order valence-electron chi connectivity index (χ0n) is 12.8. The van der Waals surface area contributed by atoms with Crippen molar-refractivity contribution in [2.45, 2.75) is 57.7 Å². The molecule has 0 saturated heterocycles. The summed E-state index contributed by atoms with van der Waals surface area (Å²) in [6.45, 7) is 5.90. The highest BCUT2D eigenvalue weighted by Crippen LogP contribution is 2.27. The largest absolute Gasteiger partial charge is 0.493 e. The van der Waals surface area contributed by atoms with Crippen molar-refractivity contribution in [3.8, 4) is 11.5 Å². The van der Waals surface area contributed by atoms with Crippen LogP contribution in [0.15, 0.2) is 18.2 Å². The second kappa shape index (κ2) is 11.0. The molecule has 0 atom stereocenters. The van der Waals surface area contributed by atoms with Gasteiger partial charge in [0.05, 0.1) is 13.2 Å². The lowest BCUT2D eigenvalue weighted by Crippen LogP contribution is -2.01. The predicted molar refractivity (Wildman–Crippen MR) is 89.1 cm³/mol. The Morgan fingerprint density at radius 2 is 1.70 bits per heavy atom. The third-order valence-corrected chi connectivity index (χ3v) is 3.77. The first-order valence-corrected chi connectivity index (χ1v) is 8.88. The van der Waals surface area contributed by atoms with Crippen LogP contribution in [0.3, 0.4) is 0 Å². The number of rotatable bonds is 11. The molecular weight excluding hydrogens is 316 g/mol. The van der Waals surface area contributed by atoms with E-state index in [1.54, 1.807) is 0 Å². The van der Waals surface area contributed by atoms with Crippen LogP contribution in [-0.2, 0) is 5.33 Å². The van der Waals surface area contributed by atoms with E-state index in [-0.39, 0.29) is 0 Å². The van der Waals surface area contributed by atoms with Crippen molar-refractivity contribution in [2.24, 2.45) is 0 Å². The van der Waals surface area contributed by atoms with Crippen LogP contribution in [0.2, 0.25) is 0 Å². The molecule has 1 aromatic carbocycles. The second-order valence-electron chi connectivity index (χ2n) is 5.01. The first-order chi connectivity index (χ1) is 9.81. The summed E-state index contributed by atoms with van der Waals surface area (Å²) in [5.74, 6) is 1.85. The molecule has 0 bridgehead atoms. The predicted octanol–water partition coefficient (Wildman–Crippen LogP) is 5.72. The molecular formula is C17H27BrO2. The van der Waals surface area contributed by atoms with Gasteiger partial charge in [0.15, 0.2) is 0 Å². The van der Waals surface area contributed by atoms with E-state index in [0.29, 0.717) is 0 Å². The van der Waals surface area contributed by atoms with Crippen LogP contribution < -0.4 is 9.47 Å². The number of alkyl halides is 1. The van der Waals surface area contributed by atoms with Gasteiger partial charge in [-0.3, -0.25) is 0 Å². The van der Waals surface area contributed by atoms with E-state index in [2.05, 4.69) is 35.8 Å². The summed E-state index contributed by atoms with van der Waals surface area (Å²) in [4.78, 5) is 0. The van der Waals surface area contributed by atoms with E-state index in [1.165, 1.54) is 31.2 Å². The van der Waals surface area contributed by atoms with Gasteiger partial charge in [-0.2, -0.15) is 0 Å². The normalized spacial score (nSPS) is 10.6. The van der Waals surface area contributed by atoms with Gasteiger partial charge in [-0.1, -0.05) is 61.5 Å². The van der Waals surface area contributed by atoms with Crippen molar-refractivity contribution in [1.82, 2.24) is 0 Å². The molecule has 0 amide bonds. The van der Waals surface area contributed by atoms with Gasteiger partial charge in [-0.05, 0) is 18.9 Å². The number of ether oxygens (including phenoxy) is 2. The molecule has 1 aromatic rings. The molecule has 0 aliphatic carbocycles. The third-order valence-electron chi connectivity index (χ3n) is 3.16. The van der Waals surface area contributed by atoms with Crippen LogP contribution in [0.25, 0.3) is 0 Å². The molecule has 0 saturated carbocycles. The second-order valence-corrected chi connectivity index (χ2v) is 5.58. The Morgan fingerprint density at radius 1 is 0.900 bits per heavy atom. The average Bonchev–Trinajstić information content (AvgIpc) is 2.48. The number of unbranched alkanes of at least 4 members (excludes halogenated alkanes) is 4. The van der Waals surface area contributed by atoms with E-state index in [1.807, 2.05) is 12.1 Å². The molecule has 0 aromatic heterocycles. The fourth-order valence-corrected chi connectivity index (χ4v) is 2.44. The van der Waals surface area contributed by atoms with Crippen LogP contribution >= 0.6 is 15.9 Å². The van der Waals surface area contributed by atoms with E-state index in [4.69, 9.17) is 9.47 Å². The van der Waals surface area contributed by atoms with Gasteiger partial charge in [-0.25, -0.2) is 0 Å². The van der Waals surface area contributed by atoms with Crippen molar-refractivity contribution in [2.75, 3.05) is 13.2 Å². The molecule has 114 valence electrons. The molecule has 0 spiro atoms. The Bertz CT molecular complexity index is 366. The fraction of sp³-hybridized carbons (Fsp3) is 0.647. The Labute approximate surface area is 132 Å². The van der Waals surface area contributed by atoms with Crippen molar-refractivity contribution in [3.63, 3.8) is 0 Å². The first kappa shape index (κ1) is 17.4. The van der Waals surface area contributed by atoms with E-state index < -0.39 is 0 Å². The van der Waals surface area contributed by atoms with E-state index >= 15 is 0 Å². The molecule has 0 aliphatic heterocycles. The maximum atomic E-state index is 5.92. The minimum atomic E-state index is 0.754. The fourth-order valence-electron chi connectivity index (χ4n) is 1.98. The lowest BCUT2D eigenvalue weighted by atomic mass is 10.1. The third kappa shape index (κ3) is 6.65. The first-order valence-electron chi connectivity index (χ1n) is 7.76. The summed E-state index contributed by atoms with van der Waals surface area (Å²) in [5.41, 5.74) is 1.18. The topological polar surface area (TPSA) is 18.5 Å². The Kier molecular flexibility index (Phi) is 9.56. The standard InChI is InChI=1S/C17H27BrO2/c1-3-5-6-7-8-12-20-17-13-16(19-11-4-2)10-9-15(17)14-18/h9-10,13H,3-8,11-12,14H2,1-2H3. The Balaban J connectivity index is 2.44. The molecule has 2 nitrogen and oxygen atoms in total. The molecule has 0 heterocycles. The van der Waals surface area contributed by atoms with Crippen molar-refractivity contribution >= 4 is 15.9 Å². The van der Waals surface area contributed by atoms with Gasteiger partial charge < -0.3 is 9.47 Å². The number of halogens is 1. The summed E-state index contributed by atoms with van der Waals surface area (Å²) in [6.07, 6.45) is 7.32. The van der Waals surface area contributed by atoms with Crippen LogP contribution in [-0.4, -0.2) is 13.2 Å². The van der Waals surface area contributed by atoms with Crippen molar-refractivity contribution in [1.29, 1.82) is 0 Å². The van der Waals surface area contributed by atoms with Crippen molar-refractivity contribution < 1.29 is 9.47 Å². The smallest absolute Gasteiger partial charge is 0.127 e. The summed E-state index contributed by atoms with van der Waals surface area (Å²) in [5, 5.41) is 0.812. The highest BCUT2D eigenvalue weighted by atomic mass is 79.9. The van der Waals surface area contributed by atoms with Gasteiger partial charge in [0.1, 0.15) is 11.5 Å². The van der Waals surface area contributed by atoms with E-state index in [9.17, 15) is 0 Å². The molecule has 20 heavy (non-hydrogen) atoms. The highest BCUT2D eigenvalue weighted by molar-refractivity contribution is 9.08. The van der Waals surface area contributed by atoms with Crippen molar-refractivity contribution in [3.05, 3.63) is 23.8 Å². The maximum absolute atomic E-state index is 5.92. The lowest BCUT2D eigenvalue weighted by Gasteiger charge is -2.12. The van der Waals surface area contributed by atoms with Crippen LogP contribution in [0.5, 0.6) is 11.5 Å². The number of benzene rings is 1. The van der Waals surface area contributed by atoms with Gasteiger partial charge >= 0.3 is 0 Å². The van der Waals surface area contributed by atoms with Gasteiger partial charge in [0, 0.05) is 17.0 Å². The van der Waals surface area contributed by atoms with Crippen LogP contribution in [0.4, 0.5) is 0 Å². The molecule has 0 aliphatic rings. The van der Waals surface area contributed by atoms with Crippen LogP contribution in [0.1, 0.15) is 57.9 Å². The van der Waals surface area contributed by atoms with Gasteiger partial charge in [0.2, 0.25) is 0 Å². The minimum Gasteiger partial charge on any atom is -0.493 e. The number of hydrogen-bond donors (Lipinski definition) is 0. The van der Waals surface area contributed by atoms with E-state index in [0.717, 1.165) is 42.9 Å².